The van der Waals surface area contributed by atoms with E-state index in [1.165, 1.54) is 11.0 Å². The van der Waals surface area contributed by atoms with Gasteiger partial charge in [0.25, 0.3) is 5.91 Å². The molecule has 0 spiro atoms. The summed E-state index contributed by atoms with van der Waals surface area (Å²) in [5.74, 6) is -3.58. The largest absolute Gasteiger partial charge is 0.346 e. The molecule has 15 heteroatoms. The molecular formula is C40H65F2N5O7S. The number of hydrogen-bond acceptors (Lipinski definition) is 7. The van der Waals surface area contributed by atoms with E-state index >= 15 is 0 Å². The molecule has 3 aliphatic carbocycles. The highest BCUT2D eigenvalue weighted by molar-refractivity contribution is 7.92. The number of sulfone groups is 1. The van der Waals surface area contributed by atoms with Crippen LogP contribution >= 0.6 is 0 Å². The van der Waals surface area contributed by atoms with Gasteiger partial charge in [-0.2, -0.15) is 0 Å². The van der Waals surface area contributed by atoms with Crippen molar-refractivity contribution in [3.8, 4) is 0 Å². The summed E-state index contributed by atoms with van der Waals surface area (Å²) in [6, 6.07) is -4.08. The van der Waals surface area contributed by atoms with Crippen LogP contribution in [0.2, 0.25) is 0 Å². The van der Waals surface area contributed by atoms with Crippen molar-refractivity contribution in [3.05, 3.63) is 12.7 Å². The number of rotatable bonds is 17. The molecule has 4 fully saturated rings. The molecule has 0 radical (unpaired) electrons. The maximum absolute atomic E-state index is 14.8. The first kappa shape index (κ1) is 44.6. The van der Waals surface area contributed by atoms with E-state index in [4.69, 9.17) is 0 Å². The Morgan fingerprint density at radius 2 is 1.49 bits per heavy atom. The minimum Gasteiger partial charge on any atom is -0.346 e. The molecule has 1 aliphatic heterocycles. The van der Waals surface area contributed by atoms with E-state index in [-0.39, 0.29) is 54.3 Å². The van der Waals surface area contributed by atoms with E-state index in [1.54, 1.807) is 20.8 Å². The molecule has 3 saturated carbocycles. The van der Waals surface area contributed by atoms with Crippen LogP contribution in [0.4, 0.5) is 13.6 Å². The zero-order valence-corrected chi connectivity index (χ0v) is 34.6. The van der Waals surface area contributed by atoms with Gasteiger partial charge in [-0.15, -0.1) is 6.58 Å². The van der Waals surface area contributed by atoms with Gasteiger partial charge in [-0.1, -0.05) is 65.4 Å². The summed E-state index contributed by atoms with van der Waals surface area (Å²) in [6.45, 7) is 14.8. The monoisotopic (exact) mass is 797 g/mol. The highest BCUT2D eigenvalue weighted by atomic mass is 32.2. The molecule has 5 amide bonds. The number of fused-ring (bicyclic) bond motifs is 1. The van der Waals surface area contributed by atoms with Crippen molar-refractivity contribution < 1.29 is 41.2 Å². The molecule has 0 bridgehead atoms. The van der Waals surface area contributed by atoms with Crippen molar-refractivity contribution in [2.24, 2.45) is 22.7 Å². The van der Waals surface area contributed by atoms with E-state index in [2.05, 4.69) is 34.8 Å². The van der Waals surface area contributed by atoms with Crippen LogP contribution in [0.25, 0.3) is 0 Å². The number of urea groups is 1. The van der Waals surface area contributed by atoms with Crippen molar-refractivity contribution in [2.75, 3.05) is 18.8 Å². The summed E-state index contributed by atoms with van der Waals surface area (Å²) >= 11 is 0. The van der Waals surface area contributed by atoms with Gasteiger partial charge in [0.1, 0.15) is 12.1 Å². The lowest BCUT2D eigenvalue weighted by Crippen LogP contribution is -2.62. The highest BCUT2D eigenvalue weighted by Gasteiger charge is 2.69. The molecule has 4 rings (SSSR count). The molecule has 12 nitrogen and oxygen atoms in total. The van der Waals surface area contributed by atoms with E-state index in [1.807, 2.05) is 13.8 Å². The molecule has 4 aliphatic rings. The van der Waals surface area contributed by atoms with Gasteiger partial charge >= 0.3 is 6.03 Å². The third-order valence-electron chi connectivity index (χ3n) is 12.9. The maximum Gasteiger partial charge on any atom is 0.315 e. The summed E-state index contributed by atoms with van der Waals surface area (Å²) in [4.78, 5) is 70.4. The molecule has 312 valence electrons. The minimum absolute atomic E-state index is 0.000467. The van der Waals surface area contributed by atoms with Crippen molar-refractivity contribution in [1.29, 1.82) is 0 Å². The lowest BCUT2D eigenvalue weighted by Gasteiger charge is -2.41. The van der Waals surface area contributed by atoms with E-state index in [0.29, 0.717) is 19.3 Å². The first-order valence-corrected chi connectivity index (χ1v) is 21.8. The van der Waals surface area contributed by atoms with Crippen molar-refractivity contribution in [1.82, 2.24) is 26.2 Å². The SMILES string of the molecule is C=CCNC(=O)C(=O)[C@H](CCCC(F)F)NC(=O)[C@@H]1C2C(CN1C(=O)C(CC1(C)CCCCC1)NC(=O)NC1(CS(=O)(=O)C(C)(C)C)CCCCC1)C2(C)C. The van der Waals surface area contributed by atoms with Gasteiger partial charge in [-0.05, 0) is 88.4 Å². The Labute approximate surface area is 326 Å². The summed E-state index contributed by atoms with van der Waals surface area (Å²) in [7, 11) is -3.61. The number of alkyl halides is 2. The summed E-state index contributed by atoms with van der Waals surface area (Å²) in [5, 5.41) is 11.0. The van der Waals surface area contributed by atoms with Crippen LogP contribution in [0.3, 0.4) is 0 Å². The minimum atomic E-state index is -3.61. The Bertz CT molecular complexity index is 1550. The van der Waals surface area contributed by atoms with Crippen LogP contribution in [0.15, 0.2) is 12.7 Å². The normalized spacial score (nSPS) is 25.2. The second-order valence-electron chi connectivity index (χ2n) is 18.6. The van der Waals surface area contributed by atoms with Gasteiger partial charge in [0.15, 0.2) is 9.84 Å². The highest BCUT2D eigenvalue weighted by Crippen LogP contribution is 2.65. The van der Waals surface area contributed by atoms with E-state index < -0.39 is 80.6 Å². The second-order valence-corrected chi connectivity index (χ2v) is 21.3. The van der Waals surface area contributed by atoms with Crippen molar-refractivity contribution >= 4 is 39.4 Å². The van der Waals surface area contributed by atoms with E-state index in [9.17, 15) is 41.2 Å². The molecule has 55 heavy (non-hydrogen) atoms. The van der Waals surface area contributed by atoms with Crippen molar-refractivity contribution in [2.45, 2.75) is 166 Å². The number of nitrogens with zero attached hydrogens (tertiary/aromatic N) is 1. The fourth-order valence-electron chi connectivity index (χ4n) is 9.28. The van der Waals surface area contributed by atoms with Crippen LogP contribution in [-0.2, 0) is 29.0 Å². The Morgan fingerprint density at radius 1 is 0.891 bits per heavy atom. The van der Waals surface area contributed by atoms with E-state index in [0.717, 1.165) is 51.4 Å². The van der Waals surface area contributed by atoms with Crippen LogP contribution in [0.5, 0.6) is 0 Å². The Morgan fingerprint density at radius 3 is 2.05 bits per heavy atom. The van der Waals surface area contributed by atoms with Crippen molar-refractivity contribution in [3.63, 3.8) is 0 Å². The molecule has 0 aromatic carbocycles. The van der Waals surface area contributed by atoms with Gasteiger partial charge in [-0.25, -0.2) is 22.0 Å². The lowest BCUT2D eigenvalue weighted by atomic mass is 9.71. The topological polar surface area (TPSA) is 171 Å². The number of likely N-dealkylation sites (tertiary alicyclic amines) is 1. The average Bonchev–Trinajstić information content (AvgIpc) is 3.39. The van der Waals surface area contributed by atoms with Gasteiger partial charge in [0.2, 0.25) is 24.0 Å². The number of carbonyl (C=O) groups is 5. The number of nitrogens with one attached hydrogen (secondary N) is 4. The molecule has 4 N–H and O–H groups in total. The first-order valence-electron chi connectivity index (χ1n) is 20.2. The number of hydrogen-bond donors (Lipinski definition) is 4. The number of amides is 5. The second kappa shape index (κ2) is 17.6. The third kappa shape index (κ3) is 10.9. The third-order valence-corrected chi connectivity index (χ3v) is 15.7. The van der Waals surface area contributed by atoms with Gasteiger partial charge in [0.05, 0.1) is 22.1 Å². The van der Waals surface area contributed by atoms with Gasteiger partial charge in [0, 0.05) is 19.5 Å². The first-order chi connectivity index (χ1) is 25.6. The quantitative estimate of drug-likeness (QED) is 0.116. The summed E-state index contributed by atoms with van der Waals surface area (Å²) in [6.07, 6.45) is 6.39. The molecular weight excluding hydrogens is 733 g/mol. The predicted octanol–water partition coefficient (Wildman–Crippen LogP) is 5.21. The number of Topliss-reactive ketones (excluding diaryl/α,β-unsaturated/α-hetero) is 1. The lowest BCUT2D eigenvalue weighted by molar-refractivity contribution is -0.144. The van der Waals surface area contributed by atoms with Crippen LogP contribution < -0.4 is 21.3 Å². The Kier molecular flexibility index (Phi) is 14.3. The number of ketones is 1. The predicted molar refractivity (Wildman–Crippen MR) is 207 cm³/mol. The number of piperidine rings is 1. The molecule has 1 heterocycles. The fourth-order valence-corrected chi connectivity index (χ4v) is 10.8. The average molecular weight is 798 g/mol. The molecule has 3 unspecified atom stereocenters. The zero-order chi connectivity index (χ0) is 41.0. The molecule has 1 saturated heterocycles. The zero-order valence-electron chi connectivity index (χ0n) is 33.7. The summed E-state index contributed by atoms with van der Waals surface area (Å²) < 4.78 is 52.0. The van der Waals surface area contributed by atoms with Crippen LogP contribution in [0, 0.1) is 22.7 Å². The number of halogens is 2. The number of carbonyl (C=O) groups excluding carboxylic acids is 5. The molecule has 5 atom stereocenters. The smallest absolute Gasteiger partial charge is 0.315 e. The van der Waals surface area contributed by atoms with Gasteiger partial charge in [-0.3, -0.25) is 19.2 Å². The standard InChI is InChI=1S/C40H65F2N5O7S/c1-8-22-43-34(50)32(48)27(16-15-17-29(41)42)44-33(49)31-30-26(38(30,5)6)24-47(31)35(51)28(23-39(7)18-11-9-12-19-39)45-36(52)46-40(20-13-10-14-21-40)25-55(53,54)37(2,3)4/h8,26-31H,1,9-25H2,2-7H3,(H,43,50)(H,44,49)(H2,45,46,52)/t26?,27-,28?,30?,31-/m0/s1. The Balaban J connectivity index is 1.61. The fraction of sp³-hybridized carbons (Fsp3) is 0.825. The molecule has 0 aromatic rings. The molecule has 0 aromatic heterocycles. The summed E-state index contributed by atoms with van der Waals surface area (Å²) in [5.41, 5.74) is -1.58. The van der Waals surface area contributed by atoms with Crippen LogP contribution in [0.1, 0.15) is 131 Å². The maximum atomic E-state index is 14.8. The Hall–Kier alpha value is -3.10. The van der Waals surface area contributed by atoms with Crippen LogP contribution in [-0.4, -0.2) is 96.5 Å². The van der Waals surface area contributed by atoms with Gasteiger partial charge < -0.3 is 26.2 Å².